The van der Waals surface area contributed by atoms with Crippen molar-refractivity contribution in [2.24, 2.45) is 0 Å². The Morgan fingerprint density at radius 2 is 0.774 bits per heavy atom. The maximum atomic E-state index is 11.1. The Hall–Kier alpha value is -7.74. The van der Waals surface area contributed by atoms with Gasteiger partial charge in [0.2, 0.25) is 0 Å². The summed E-state index contributed by atoms with van der Waals surface area (Å²) >= 11 is 0. The zero-order valence-corrected chi connectivity index (χ0v) is 27.2. The van der Waals surface area contributed by atoms with Crippen molar-refractivity contribution in [1.82, 2.24) is 0 Å². The number of phenols is 12. The standard InChI is InChI=1S/C39H30N2O12/c42-28-22(24-32(46)36(50)26(37(51)33(24)47)40-20-14-6-10-16-8-2-1-3-12-18(16)20)29(43)31(45)23(30(28)44)25-34(48)38(52)27(39(53)35(25)49)41-21-15-7-11-17-9-4-5-13-19(17)21/h2-15,40-53H,1H2. The van der Waals surface area contributed by atoms with Crippen LogP contribution in [-0.2, 0) is 0 Å². The van der Waals surface area contributed by atoms with Gasteiger partial charge in [-0.15, -0.1) is 0 Å². The van der Waals surface area contributed by atoms with Crippen LogP contribution in [0.1, 0.15) is 17.5 Å². The van der Waals surface area contributed by atoms with Gasteiger partial charge in [0.1, 0.15) is 11.4 Å². The average Bonchev–Trinajstić information content (AvgIpc) is 3.42. The third-order valence-electron chi connectivity index (χ3n) is 8.99. The van der Waals surface area contributed by atoms with Crippen LogP contribution in [0.4, 0.5) is 22.7 Å². The van der Waals surface area contributed by atoms with Gasteiger partial charge in [-0.2, -0.15) is 0 Å². The predicted molar refractivity (Wildman–Crippen MR) is 197 cm³/mol. The van der Waals surface area contributed by atoms with Crippen molar-refractivity contribution in [3.05, 3.63) is 83.9 Å². The molecule has 0 radical (unpaired) electrons. The lowest BCUT2D eigenvalue weighted by Gasteiger charge is -2.22. The molecule has 7 rings (SSSR count). The minimum atomic E-state index is -1.42. The van der Waals surface area contributed by atoms with E-state index in [1.54, 1.807) is 60.7 Å². The van der Waals surface area contributed by atoms with E-state index in [-0.39, 0.29) is 0 Å². The van der Waals surface area contributed by atoms with Crippen molar-refractivity contribution in [2.75, 3.05) is 10.6 Å². The molecular formula is C39H30N2O12. The zero-order valence-electron chi connectivity index (χ0n) is 27.2. The van der Waals surface area contributed by atoms with E-state index in [4.69, 9.17) is 0 Å². The van der Waals surface area contributed by atoms with E-state index in [1.807, 2.05) is 24.3 Å². The molecule has 0 amide bonds. The van der Waals surface area contributed by atoms with E-state index in [2.05, 4.69) is 10.6 Å². The van der Waals surface area contributed by atoms with Crippen LogP contribution in [-0.4, -0.2) is 61.3 Å². The van der Waals surface area contributed by atoms with Crippen LogP contribution < -0.4 is 10.6 Å². The van der Waals surface area contributed by atoms with Gasteiger partial charge in [-0.05, 0) is 29.5 Å². The molecule has 0 fully saturated rings. The molecule has 14 heteroatoms. The summed E-state index contributed by atoms with van der Waals surface area (Å²) in [5.41, 5.74) is -3.40. The van der Waals surface area contributed by atoms with Crippen LogP contribution >= 0.6 is 0 Å². The highest BCUT2D eigenvalue weighted by atomic mass is 16.3. The Labute approximate surface area is 298 Å². The van der Waals surface area contributed by atoms with Gasteiger partial charge in [0, 0.05) is 22.3 Å². The second-order valence-electron chi connectivity index (χ2n) is 12.1. The van der Waals surface area contributed by atoms with Crippen molar-refractivity contribution in [1.29, 1.82) is 0 Å². The first-order valence-corrected chi connectivity index (χ1v) is 15.8. The SMILES string of the molecule is Oc1c(O)c(-c2c(O)c(O)c(-c3c(O)c(O)c(Nc4cccc5ccccc45)c(O)c3O)c(O)c2O)c(O)c(O)c1Nc1cccc2c1C=CCC=C2. The molecule has 0 saturated heterocycles. The number of rotatable bonds is 6. The van der Waals surface area contributed by atoms with Gasteiger partial charge in [0.05, 0.1) is 22.3 Å². The number of aromatic hydroxyl groups is 12. The lowest BCUT2D eigenvalue weighted by atomic mass is 9.92. The van der Waals surface area contributed by atoms with Crippen molar-refractivity contribution in [3.8, 4) is 91.2 Å². The van der Waals surface area contributed by atoms with Crippen molar-refractivity contribution < 1.29 is 61.3 Å². The summed E-state index contributed by atoms with van der Waals surface area (Å²) < 4.78 is 0. The largest absolute Gasteiger partial charge is 0.504 e. The highest BCUT2D eigenvalue weighted by Gasteiger charge is 2.36. The lowest BCUT2D eigenvalue weighted by molar-refractivity contribution is 0.365. The number of allylic oxidation sites excluding steroid dienone is 2. The third kappa shape index (κ3) is 5.20. The van der Waals surface area contributed by atoms with Crippen molar-refractivity contribution >= 4 is 45.7 Å². The molecule has 0 spiro atoms. The minimum absolute atomic E-state index is 0.338. The molecule has 14 nitrogen and oxygen atoms in total. The third-order valence-corrected chi connectivity index (χ3v) is 8.99. The Balaban J connectivity index is 1.34. The zero-order chi connectivity index (χ0) is 37.9. The Morgan fingerprint density at radius 3 is 1.30 bits per heavy atom. The molecule has 0 unspecified atom stereocenters. The Morgan fingerprint density at radius 1 is 0.377 bits per heavy atom. The van der Waals surface area contributed by atoms with Gasteiger partial charge in [-0.1, -0.05) is 72.8 Å². The first kappa shape index (κ1) is 33.7. The highest BCUT2D eigenvalue weighted by Crippen LogP contribution is 2.65. The van der Waals surface area contributed by atoms with Crippen LogP contribution in [0.2, 0.25) is 0 Å². The molecule has 14 N–H and O–H groups in total. The molecule has 0 aromatic heterocycles. The summed E-state index contributed by atoms with van der Waals surface area (Å²) in [5, 5.41) is 140. The molecular weight excluding hydrogens is 688 g/mol. The molecule has 53 heavy (non-hydrogen) atoms. The van der Waals surface area contributed by atoms with E-state index in [0.717, 1.165) is 10.9 Å². The van der Waals surface area contributed by atoms with E-state index in [0.29, 0.717) is 28.7 Å². The highest BCUT2D eigenvalue weighted by molar-refractivity contribution is 6.03. The monoisotopic (exact) mass is 718 g/mol. The first-order chi connectivity index (χ1) is 25.3. The van der Waals surface area contributed by atoms with Gasteiger partial charge in [-0.3, -0.25) is 0 Å². The topological polar surface area (TPSA) is 267 Å². The molecule has 0 saturated carbocycles. The molecule has 0 aliphatic heterocycles. The van der Waals surface area contributed by atoms with Crippen LogP contribution in [0.3, 0.4) is 0 Å². The number of hydrogen-bond donors (Lipinski definition) is 14. The summed E-state index contributed by atoms with van der Waals surface area (Å²) in [4.78, 5) is 0. The van der Waals surface area contributed by atoms with Crippen LogP contribution in [0.15, 0.2) is 72.8 Å². The predicted octanol–water partition coefficient (Wildman–Crippen LogP) is 7.56. The average molecular weight is 719 g/mol. The summed E-state index contributed by atoms with van der Waals surface area (Å²) in [5.74, 6) is -14.9. The molecule has 0 bridgehead atoms. The van der Waals surface area contributed by atoms with Gasteiger partial charge < -0.3 is 71.9 Å². The van der Waals surface area contributed by atoms with Crippen LogP contribution in [0.25, 0.3) is 45.2 Å². The molecule has 6 aromatic rings. The normalized spacial score (nSPS) is 12.1. The quantitative estimate of drug-likeness (QED) is 0.0585. The smallest absolute Gasteiger partial charge is 0.186 e. The molecule has 0 atom stereocenters. The number of anilines is 4. The fourth-order valence-electron chi connectivity index (χ4n) is 6.36. The maximum absolute atomic E-state index is 11.1. The van der Waals surface area contributed by atoms with E-state index in [1.165, 1.54) is 0 Å². The molecule has 268 valence electrons. The molecule has 1 aliphatic rings. The van der Waals surface area contributed by atoms with Gasteiger partial charge >= 0.3 is 0 Å². The summed E-state index contributed by atoms with van der Waals surface area (Å²) in [6, 6.07) is 17.2. The number of phenolic OH excluding ortho intramolecular Hbond substituents is 12. The second-order valence-corrected chi connectivity index (χ2v) is 12.1. The lowest BCUT2D eigenvalue weighted by Crippen LogP contribution is -1.98. The Bertz CT molecular complexity index is 2490. The summed E-state index contributed by atoms with van der Waals surface area (Å²) in [6.07, 6.45) is 8.05. The van der Waals surface area contributed by atoms with Crippen molar-refractivity contribution in [3.63, 3.8) is 0 Å². The number of benzene rings is 6. The Kier molecular flexibility index (Phi) is 7.99. The van der Waals surface area contributed by atoms with Gasteiger partial charge in [0.25, 0.3) is 0 Å². The van der Waals surface area contributed by atoms with Crippen molar-refractivity contribution in [2.45, 2.75) is 6.42 Å². The fraction of sp³-hybridized carbons (Fsp3) is 0.0256. The second kappa shape index (κ2) is 12.5. The first-order valence-electron chi connectivity index (χ1n) is 15.8. The van der Waals surface area contributed by atoms with Gasteiger partial charge in [0.15, 0.2) is 69.0 Å². The molecule has 1 aliphatic carbocycles. The minimum Gasteiger partial charge on any atom is -0.504 e. The van der Waals surface area contributed by atoms with E-state index in [9.17, 15) is 61.3 Å². The maximum Gasteiger partial charge on any atom is 0.186 e. The number of nitrogens with one attached hydrogen (secondary N) is 2. The molecule has 0 heterocycles. The summed E-state index contributed by atoms with van der Waals surface area (Å²) in [7, 11) is 0. The summed E-state index contributed by atoms with van der Waals surface area (Å²) in [6.45, 7) is 0. The van der Waals surface area contributed by atoms with Crippen LogP contribution in [0.5, 0.6) is 69.0 Å². The number of fused-ring (bicyclic) bond motifs is 2. The van der Waals surface area contributed by atoms with E-state index >= 15 is 0 Å². The fourth-order valence-corrected chi connectivity index (χ4v) is 6.36. The number of hydrogen-bond acceptors (Lipinski definition) is 14. The van der Waals surface area contributed by atoms with Crippen LogP contribution in [0, 0.1) is 0 Å². The van der Waals surface area contributed by atoms with Gasteiger partial charge in [-0.25, -0.2) is 0 Å². The van der Waals surface area contributed by atoms with E-state index < -0.39 is 103 Å². The molecule has 6 aromatic carbocycles.